The predicted molar refractivity (Wildman–Crippen MR) is 109 cm³/mol. The Kier molecular flexibility index (Phi) is 6.63. The Morgan fingerprint density at radius 2 is 1.86 bits per heavy atom. The van der Waals surface area contributed by atoms with Gasteiger partial charge in [-0.2, -0.15) is 0 Å². The number of aromatic nitrogens is 3. The molecule has 2 aliphatic heterocycles. The number of anilines is 1. The summed E-state index contributed by atoms with van der Waals surface area (Å²) in [5.74, 6) is 0.893. The molecular weight excluding hydrogens is 368 g/mol. The molecule has 2 aromatic heterocycles. The van der Waals surface area contributed by atoms with E-state index in [2.05, 4.69) is 24.8 Å². The Morgan fingerprint density at radius 3 is 2.55 bits per heavy atom. The molecule has 0 bridgehead atoms. The Morgan fingerprint density at radius 1 is 1.07 bits per heavy atom. The Bertz CT molecular complexity index is 761. The van der Waals surface area contributed by atoms with Crippen molar-refractivity contribution in [2.45, 2.75) is 25.5 Å². The molecule has 29 heavy (non-hydrogen) atoms. The second-order valence-electron chi connectivity index (χ2n) is 7.54. The van der Waals surface area contributed by atoms with Crippen LogP contribution in [0.15, 0.2) is 42.9 Å². The van der Waals surface area contributed by atoms with Crippen LogP contribution in [-0.2, 0) is 16.1 Å². The summed E-state index contributed by atoms with van der Waals surface area (Å²) >= 11 is 0. The molecule has 8 heteroatoms. The van der Waals surface area contributed by atoms with E-state index in [0.29, 0.717) is 19.6 Å². The number of rotatable bonds is 7. The van der Waals surface area contributed by atoms with E-state index < -0.39 is 0 Å². The van der Waals surface area contributed by atoms with E-state index >= 15 is 0 Å². The topological polar surface area (TPSA) is 74.7 Å². The van der Waals surface area contributed by atoms with Gasteiger partial charge in [0.2, 0.25) is 11.9 Å². The fraction of sp³-hybridized carbons (Fsp3) is 0.524. The van der Waals surface area contributed by atoms with Crippen molar-refractivity contribution in [3.63, 3.8) is 0 Å². The third-order valence-corrected chi connectivity index (χ3v) is 5.45. The molecule has 4 heterocycles. The lowest BCUT2D eigenvalue weighted by Gasteiger charge is -2.35. The van der Waals surface area contributed by atoms with Crippen molar-refractivity contribution < 1.29 is 9.53 Å². The average Bonchev–Trinajstić information content (AvgIpc) is 3.28. The normalized spacial score (nSPS) is 20.0. The van der Waals surface area contributed by atoms with Crippen LogP contribution >= 0.6 is 0 Å². The summed E-state index contributed by atoms with van der Waals surface area (Å²) in [5.41, 5.74) is 0.907. The molecule has 0 spiro atoms. The van der Waals surface area contributed by atoms with Gasteiger partial charge in [0.1, 0.15) is 0 Å². The second kappa shape index (κ2) is 9.76. The molecule has 0 aromatic carbocycles. The summed E-state index contributed by atoms with van der Waals surface area (Å²) in [6, 6.07) is 7.64. The maximum absolute atomic E-state index is 13.1. The number of hydrogen-bond acceptors (Lipinski definition) is 7. The van der Waals surface area contributed by atoms with Crippen molar-refractivity contribution in [2.75, 3.05) is 50.8 Å². The van der Waals surface area contributed by atoms with Gasteiger partial charge in [0, 0.05) is 57.9 Å². The Hall–Kier alpha value is -2.58. The van der Waals surface area contributed by atoms with Crippen LogP contribution in [0.1, 0.15) is 18.5 Å². The van der Waals surface area contributed by atoms with Crippen LogP contribution in [0.3, 0.4) is 0 Å². The van der Waals surface area contributed by atoms with Crippen LogP contribution < -0.4 is 4.90 Å². The van der Waals surface area contributed by atoms with Crippen molar-refractivity contribution >= 4 is 11.9 Å². The summed E-state index contributed by atoms with van der Waals surface area (Å²) in [5, 5.41) is 0. The van der Waals surface area contributed by atoms with E-state index in [4.69, 9.17) is 4.74 Å². The molecule has 2 fully saturated rings. The highest BCUT2D eigenvalue weighted by molar-refractivity contribution is 5.78. The highest BCUT2D eigenvalue weighted by atomic mass is 16.5. The fourth-order valence-electron chi connectivity index (χ4n) is 3.83. The van der Waals surface area contributed by atoms with Crippen LogP contribution in [0.5, 0.6) is 0 Å². The number of pyridine rings is 1. The van der Waals surface area contributed by atoms with Gasteiger partial charge < -0.3 is 14.5 Å². The molecule has 1 atom stereocenters. The van der Waals surface area contributed by atoms with Crippen LogP contribution in [0.4, 0.5) is 5.95 Å². The zero-order valence-electron chi connectivity index (χ0n) is 16.7. The summed E-state index contributed by atoms with van der Waals surface area (Å²) in [7, 11) is 0. The third-order valence-electron chi connectivity index (χ3n) is 5.45. The standard InChI is InChI=1S/C21H28N6O2/c28-20(17-25-10-12-26(13-11-25)21-23-8-4-9-24-21)27(16-19-6-3-14-29-19)15-18-5-1-2-7-22-18/h1-2,4-5,7-9,19H,3,6,10-17H2/t19-/m1/s1. The van der Waals surface area contributed by atoms with Crippen molar-refractivity contribution in [3.05, 3.63) is 48.5 Å². The Labute approximate surface area is 171 Å². The Balaban J connectivity index is 1.33. The first-order valence-corrected chi connectivity index (χ1v) is 10.3. The van der Waals surface area contributed by atoms with Gasteiger partial charge >= 0.3 is 0 Å². The van der Waals surface area contributed by atoms with E-state index in [-0.39, 0.29) is 12.0 Å². The van der Waals surface area contributed by atoms with Crippen LogP contribution in [-0.4, -0.2) is 82.6 Å². The fourth-order valence-corrected chi connectivity index (χ4v) is 3.83. The number of carbonyl (C=O) groups excluding carboxylic acids is 1. The molecule has 0 saturated carbocycles. The number of ether oxygens (including phenoxy) is 1. The van der Waals surface area contributed by atoms with Crippen molar-refractivity contribution in [1.29, 1.82) is 0 Å². The zero-order chi connectivity index (χ0) is 19.9. The number of nitrogens with zero attached hydrogens (tertiary/aromatic N) is 6. The molecule has 0 N–H and O–H groups in total. The summed E-state index contributed by atoms with van der Waals surface area (Å²) < 4.78 is 5.78. The third kappa shape index (κ3) is 5.48. The minimum atomic E-state index is 0.134. The van der Waals surface area contributed by atoms with Gasteiger partial charge in [-0.15, -0.1) is 0 Å². The SMILES string of the molecule is O=C(CN1CCN(c2ncccn2)CC1)N(Cc1ccccn1)C[C@H]1CCCO1. The van der Waals surface area contributed by atoms with Crippen molar-refractivity contribution in [1.82, 2.24) is 24.8 Å². The van der Waals surface area contributed by atoms with Crippen LogP contribution in [0, 0.1) is 0 Å². The maximum atomic E-state index is 13.1. The summed E-state index contributed by atoms with van der Waals surface area (Å²) in [6.45, 7) is 5.66. The van der Waals surface area contributed by atoms with Crippen LogP contribution in [0.25, 0.3) is 0 Å². The van der Waals surface area contributed by atoms with E-state index in [1.807, 2.05) is 29.2 Å². The summed E-state index contributed by atoms with van der Waals surface area (Å²) in [6.07, 6.45) is 7.52. The van der Waals surface area contributed by atoms with Crippen molar-refractivity contribution in [2.24, 2.45) is 0 Å². The smallest absolute Gasteiger partial charge is 0.237 e. The maximum Gasteiger partial charge on any atom is 0.237 e. The molecular formula is C21H28N6O2. The molecule has 1 amide bonds. The quantitative estimate of drug-likeness (QED) is 0.696. The minimum absolute atomic E-state index is 0.134. The number of hydrogen-bond donors (Lipinski definition) is 0. The number of piperazine rings is 1. The molecule has 2 aliphatic rings. The lowest BCUT2D eigenvalue weighted by molar-refractivity contribution is -0.134. The average molecular weight is 396 g/mol. The largest absolute Gasteiger partial charge is 0.376 e. The first-order valence-electron chi connectivity index (χ1n) is 10.3. The number of amides is 1. The van der Waals surface area contributed by atoms with E-state index in [1.165, 1.54) is 0 Å². The van der Waals surface area contributed by atoms with Gasteiger partial charge in [-0.3, -0.25) is 14.7 Å². The van der Waals surface area contributed by atoms with E-state index in [0.717, 1.165) is 57.3 Å². The first kappa shape index (κ1) is 19.7. The molecule has 0 unspecified atom stereocenters. The highest BCUT2D eigenvalue weighted by Gasteiger charge is 2.26. The van der Waals surface area contributed by atoms with Crippen molar-refractivity contribution in [3.8, 4) is 0 Å². The molecule has 2 aromatic rings. The van der Waals surface area contributed by atoms with Gasteiger partial charge in [-0.05, 0) is 31.0 Å². The van der Waals surface area contributed by atoms with Gasteiger partial charge in [0.25, 0.3) is 0 Å². The highest BCUT2D eigenvalue weighted by Crippen LogP contribution is 2.16. The van der Waals surface area contributed by atoms with E-state index in [1.54, 1.807) is 18.6 Å². The van der Waals surface area contributed by atoms with Gasteiger partial charge in [0.05, 0.1) is 24.9 Å². The van der Waals surface area contributed by atoms with Gasteiger partial charge in [-0.1, -0.05) is 6.07 Å². The minimum Gasteiger partial charge on any atom is -0.376 e. The molecule has 0 radical (unpaired) electrons. The van der Waals surface area contributed by atoms with Crippen LogP contribution in [0.2, 0.25) is 0 Å². The molecule has 8 nitrogen and oxygen atoms in total. The lowest BCUT2D eigenvalue weighted by Crippen LogP contribution is -2.51. The zero-order valence-corrected chi connectivity index (χ0v) is 16.7. The number of carbonyl (C=O) groups is 1. The lowest BCUT2D eigenvalue weighted by atomic mass is 10.2. The molecule has 0 aliphatic carbocycles. The first-order chi connectivity index (χ1) is 14.3. The van der Waals surface area contributed by atoms with E-state index in [9.17, 15) is 4.79 Å². The van der Waals surface area contributed by atoms with Gasteiger partial charge in [-0.25, -0.2) is 9.97 Å². The second-order valence-corrected chi connectivity index (χ2v) is 7.54. The molecule has 4 rings (SSSR count). The predicted octanol–water partition coefficient (Wildman–Crippen LogP) is 1.20. The molecule has 154 valence electrons. The van der Waals surface area contributed by atoms with Gasteiger partial charge in [0.15, 0.2) is 0 Å². The molecule has 2 saturated heterocycles. The summed E-state index contributed by atoms with van der Waals surface area (Å²) in [4.78, 5) is 32.4. The monoisotopic (exact) mass is 396 g/mol.